The molecule has 1 amide bonds. The number of nitrogens with zero attached hydrogens (tertiary/aromatic N) is 4. The van der Waals surface area contributed by atoms with E-state index in [1.165, 1.54) is 21.1 Å². The second kappa shape index (κ2) is 10.5. The highest BCUT2D eigenvalue weighted by atomic mass is 32.2. The lowest BCUT2D eigenvalue weighted by Crippen LogP contribution is -2.39. The maximum Gasteiger partial charge on any atom is 0.267 e. The van der Waals surface area contributed by atoms with Gasteiger partial charge in [0, 0.05) is 39.5 Å². The number of rotatable bonds is 8. The quantitative estimate of drug-likeness (QED) is 0.448. The van der Waals surface area contributed by atoms with Gasteiger partial charge in [0.05, 0.1) is 36.8 Å². The van der Waals surface area contributed by atoms with Crippen LogP contribution in [0.3, 0.4) is 0 Å². The molecule has 170 valence electrons. The van der Waals surface area contributed by atoms with Crippen molar-refractivity contribution in [2.24, 2.45) is 0 Å². The Hall–Kier alpha value is -2.31. The molecular weight excluding hydrogens is 450 g/mol. The van der Waals surface area contributed by atoms with Gasteiger partial charge >= 0.3 is 0 Å². The van der Waals surface area contributed by atoms with Crippen LogP contribution in [0.15, 0.2) is 34.1 Å². The minimum absolute atomic E-state index is 0.228. The van der Waals surface area contributed by atoms with Crippen LogP contribution in [0.4, 0.5) is 5.82 Å². The average Bonchev–Trinajstić information content (AvgIpc) is 3.07. The highest BCUT2D eigenvalue weighted by Crippen LogP contribution is 2.32. The lowest BCUT2D eigenvalue weighted by molar-refractivity contribution is -0.122. The Balaban J connectivity index is 1.63. The number of fused-ring (bicyclic) bond motifs is 1. The first kappa shape index (κ1) is 22.9. The maximum atomic E-state index is 13.3. The van der Waals surface area contributed by atoms with Gasteiger partial charge in [0.25, 0.3) is 11.5 Å². The molecule has 0 aromatic carbocycles. The van der Waals surface area contributed by atoms with Crippen LogP contribution in [0.1, 0.15) is 5.56 Å². The fraction of sp³-hybridized carbons (Fsp3) is 0.429. The molecule has 0 unspecified atom stereocenters. The molecule has 2 aromatic heterocycles. The summed E-state index contributed by atoms with van der Waals surface area (Å²) in [6.07, 6.45) is 3.27. The van der Waals surface area contributed by atoms with Crippen LogP contribution in [0.25, 0.3) is 11.7 Å². The third-order valence-corrected chi connectivity index (χ3v) is 6.64. The Morgan fingerprint density at radius 1 is 1.28 bits per heavy atom. The summed E-state index contributed by atoms with van der Waals surface area (Å²) < 4.78 is 12.4. The molecule has 32 heavy (non-hydrogen) atoms. The number of thiocarbonyl (C=S) groups is 1. The van der Waals surface area contributed by atoms with Gasteiger partial charge in [-0.25, -0.2) is 4.98 Å². The molecule has 11 heteroatoms. The van der Waals surface area contributed by atoms with Gasteiger partial charge in [0.2, 0.25) is 0 Å². The molecule has 4 heterocycles. The number of methoxy groups -OCH3 is 1. The number of thioether (sulfide) groups is 1. The summed E-state index contributed by atoms with van der Waals surface area (Å²) in [6.45, 7) is 5.39. The van der Waals surface area contributed by atoms with Crippen molar-refractivity contribution < 1.29 is 14.3 Å². The molecule has 0 atom stereocenters. The van der Waals surface area contributed by atoms with E-state index < -0.39 is 0 Å². The first-order valence-corrected chi connectivity index (χ1v) is 11.6. The fourth-order valence-electron chi connectivity index (χ4n) is 3.53. The number of anilines is 1. The molecule has 2 saturated heterocycles. The summed E-state index contributed by atoms with van der Waals surface area (Å²) in [5.74, 6) is 0.227. The lowest BCUT2D eigenvalue weighted by atomic mass is 10.2. The Labute approximate surface area is 195 Å². The first-order chi connectivity index (χ1) is 15.6. The van der Waals surface area contributed by atoms with E-state index in [0.29, 0.717) is 46.0 Å². The van der Waals surface area contributed by atoms with E-state index in [9.17, 15) is 9.59 Å². The van der Waals surface area contributed by atoms with Gasteiger partial charge < -0.3 is 14.8 Å². The monoisotopic (exact) mass is 475 g/mol. The number of pyridine rings is 1. The standard InChI is InChI=1S/C21H25N5O4S2/c1-29-11-10-26-20(28)16(32-21(26)31)14-15-18(22-5-7-24-8-12-30-13-9-24)23-17-4-2-3-6-25(17)19(15)27/h2-4,6,14,22H,5,7-13H2,1H3. The van der Waals surface area contributed by atoms with E-state index >= 15 is 0 Å². The van der Waals surface area contributed by atoms with Crippen LogP contribution in [0, 0.1) is 0 Å². The van der Waals surface area contributed by atoms with Crippen molar-refractivity contribution in [3.63, 3.8) is 0 Å². The SMILES string of the molecule is COCCN1C(=O)C(=Cc2c(NCCN3CCOCC3)nc3ccccn3c2=O)SC1=S. The molecule has 0 saturated carbocycles. The van der Waals surface area contributed by atoms with Crippen molar-refractivity contribution in [1.82, 2.24) is 19.2 Å². The summed E-state index contributed by atoms with van der Waals surface area (Å²) in [6, 6.07) is 5.39. The third-order valence-electron chi connectivity index (χ3n) is 5.26. The zero-order valence-corrected chi connectivity index (χ0v) is 19.4. The number of carbonyl (C=O) groups excluding carboxylic acids is 1. The van der Waals surface area contributed by atoms with Gasteiger partial charge in [-0.1, -0.05) is 30.0 Å². The summed E-state index contributed by atoms with van der Waals surface area (Å²) in [4.78, 5) is 35.0. The van der Waals surface area contributed by atoms with Gasteiger partial charge in [-0.05, 0) is 18.2 Å². The number of amides is 1. The van der Waals surface area contributed by atoms with Gasteiger partial charge in [0.1, 0.15) is 15.8 Å². The highest BCUT2D eigenvalue weighted by molar-refractivity contribution is 8.26. The molecule has 2 fully saturated rings. The van der Waals surface area contributed by atoms with Gasteiger partial charge in [-0.2, -0.15) is 0 Å². The Morgan fingerprint density at radius 3 is 2.88 bits per heavy atom. The van der Waals surface area contributed by atoms with Crippen LogP contribution in [-0.2, 0) is 14.3 Å². The first-order valence-electron chi connectivity index (χ1n) is 10.4. The Morgan fingerprint density at radius 2 is 2.09 bits per heavy atom. The van der Waals surface area contributed by atoms with Crippen molar-refractivity contribution in [3.8, 4) is 0 Å². The molecule has 9 nitrogen and oxygen atoms in total. The van der Waals surface area contributed by atoms with Crippen LogP contribution in [0.5, 0.6) is 0 Å². The number of nitrogens with one attached hydrogen (secondary N) is 1. The van der Waals surface area contributed by atoms with Crippen molar-refractivity contribution >= 4 is 51.7 Å². The minimum atomic E-state index is -0.244. The minimum Gasteiger partial charge on any atom is -0.383 e. The number of aromatic nitrogens is 2. The van der Waals surface area contributed by atoms with E-state index in [4.69, 9.17) is 21.7 Å². The molecule has 0 spiro atoms. The smallest absolute Gasteiger partial charge is 0.267 e. The van der Waals surface area contributed by atoms with Crippen molar-refractivity contribution in [2.45, 2.75) is 0 Å². The molecule has 2 aliphatic rings. The van der Waals surface area contributed by atoms with Crippen molar-refractivity contribution in [1.29, 1.82) is 0 Å². The Kier molecular flexibility index (Phi) is 7.53. The zero-order valence-electron chi connectivity index (χ0n) is 17.8. The fourth-order valence-corrected chi connectivity index (χ4v) is 4.82. The molecule has 2 aliphatic heterocycles. The van der Waals surface area contributed by atoms with E-state index in [-0.39, 0.29) is 11.5 Å². The van der Waals surface area contributed by atoms with E-state index in [0.717, 1.165) is 32.8 Å². The van der Waals surface area contributed by atoms with Crippen LogP contribution < -0.4 is 10.9 Å². The predicted octanol–water partition coefficient (Wildman–Crippen LogP) is 1.29. The van der Waals surface area contributed by atoms with E-state index in [1.807, 2.05) is 6.07 Å². The second-order valence-corrected chi connectivity index (χ2v) is 8.99. The van der Waals surface area contributed by atoms with Crippen LogP contribution >= 0.6 is 24.0 Å². The van der Waals surface area contributed by atoms with E-state index in [2.05, 4.69) is 15.2 Å². The van der Waals surface area contributed by atoms with Crippen molar-refractivity contribution in [2.75, 3.05) is 65.0 Å². The summed E-state index contributed by atoms with van der Waals surface area (Å²) in [7, 11) is 1.57. The topological polar surface area (TPSA) is 88.4 Å². The molecule has 1 N–H and O–H groups in total. The lowest BCUT2D eigenvalue weighted by Gasteiger charge is -2.26. The largest absolute Gasteiger partial charge is 0.383 e. The van der Waals surface area contributed by atoms with Gasteiger partial charge in [-0.15, -0.1) is 0 Å². The number of carbonyl (C=O) groups is 1. The molecular formula is C21H25N5O4S2. The van der Waals surface area contributed by atoms with Crippen LogP contribution in [-0.4, -0.2) is 89.1 Å². The van der Waals surface area contributed by atoms with Crippen LogP contribution in [0.2, 0.25) is 0 Å². The highest BCUT2D eigenvalue weighted by Gasteiger charge is 2.32. The zero-order chi connectivity index (χ0) is 22.5. The van der Waals surface area contributed by atoms with Crippen molar-refractivity contribution in [3.05, 3.63) is 45.2 Å². The average molecular weight is 476 g/mol. The molecule has 0 bridgehead atoms. The normalized spacial score (nSPS) is 18.8. The number of morpholine rings is 1. The number of hydrogen-bond acceptors (Lipinski definition) is 9. The second-order valence-electron chi connectivity index (χ2n) is 7.32. The van der Waals surface area contributed by atoms with E-state index in [1.54, 1.807) is 31.5 Å². The molecule has 0 radical (unpaired) electrons. The molecule has 0 aliphatic carbocycles. The number of hydrogen-bond donors (Lipinski definition) is 1. The summed E-state index contributed by atoms with van der Waals surface area (Å²) in [5.41, 5.74) is 0.630. The third kappa shape index (κ3) is 5.02. The Bertz CT molecular complexity index is 1100. The maximum absolute atomic E-state index is 13.3. The van der Waals surface area contributed by atoms with Gasteiger partial charge in [0.15, 0.2) is 0 Å². The summed E-state index contributed by atoms with van der Waals surface area (Å²) in [5, 5.41) is 3.30. The molecule has 2 aromatic rings. The number of ether oxygens (including phenoxy) is 2. The summed E-state index contributed by atoms with van der Waals surface area (Å²) >= 11 is 6.53. The predicted molar refractivity (Wildman–Crippen MR) is 129 cm³/mol. The molecule has 4 rings (SSSR count). The van der Waals surface area contributed by atoms with Gasteiger partial charge in [-0.3, -0.25) is 23.8 Å².